The van der Waals surface area contributed by atoms with Crippen molar-refractivity contribution in [2.75, 3.05) is 52.5 Å². The Labute approximate surface area is 117 Å². The van der Waals surface area contributed by atoms with E-state index in [1.54, 1.807) is 0 Å². The minimum absolute atomic E-state index is 0.205. The number of aliphatic hydroxyl groups excluding tert-OH is 2. The van der Waals surface area contributed by atoms with Gasteiger partial charge in [0.1, 0.15) is 0 Å². The van der Waals surface area contributed by atoms with E-state index in [1.807, 2.05) is 13.8 Å². The maximum atomic E-state index is 9.90. The second-order valence-corrected chi connectivity index (χ2v) is 5.30. The zero-order valence-corrected chi connectivity index (χ0v) is 12.4. The molecule has 1 fully saturated rings. The van der Waals surface area contributed by atoms with E-state index in [0.29, 0.717) is 19.6 Å². The molecule has 0 bridgehead atoms. The van der Waals surface area contributed by atoms with Crippen LogP contribution in [0.15, 0.2) is 0 Å². The normalized spacial score (nSPS) is 21.5. The van der Waals surface area contributed by atoms with Crippen LogP contribution in [0.4, 0.5) is 0 Å². The van der Waals surface area contributed by atoms with Gasteiger partial charge in [-0.05, 0) is 19.8 Å². The first-order valence-corrected chi connectivity index (χ1v) is 7.54. The summed E-state index contributed by atoms with van der Waals surface area (Å²) in [6, 6.07) is 0. The summed E-state index contributed by atoms with van der Waals surface area (Å²) in [6.45, 7) is 10.8. The molecule has 5 nitrogen and oxygen atoms in total. The van der Waals surface area contributed by atoms with Gasteiger partial charge in [0.05, 0.1) is 12.2 Å². The van der Waals surface area contributed by atoms with Gasteiger partial charge in [-0.25, -0.2) is 0 Å². The fourth-order valence-electron chi connectivity index (χ4n) is 2.33. The molecule has 0 aromatic heterocycles. The predicted molar refractivity (Wildman–Crippen MR) is 76.3 cm³/mol. The first-order valence-electron chi connectivity index (χ1n) is 7.54. The summed E-state index contributed by atoms with van der Waals surface area (Å²) in [5.41, 5.74) is 0. The Bertz CT molecular complexity index is 221. The lowest BCUT2D eigenvalue weighted by Gasteiger charge is -2.36. The third kappa shape index (κ3) is 7.22. The van der Waals surface area contributed by atoms with Crippen molar-refractivity contribution in [2.24, 2.45) is 0 Å². The summed E-state index contributed by atoms with van der Waals surface area (Å²) < 4.78 is 5.25. The van der Waals surface area contributed by atoms with Crippen LogP contribution >= 0.6 is 0 Å². The van der Waals surface area contributed by atoms with Crippen LogP contribution in [0.5, 0.6) is 0 Å². The van der Waals surface area contributed by atoms with Gasteiger partial charge in [-0.3, -0.25) is 9.80 Å². The molecule has 2 atom stereocenters. The molecule has 5 heteroatoms. The topological polar surface area (TPSA) is 56.2 Å². The smallest absolute Gasteiger partial charge is 0.0689 e. The summed E-state index contributed by atoms with van der Waals surface area (Å²) in [5, 5.41) is 19.5. The van der Waals surface area contributed by atoms with E-state index in [2.05, 4.69) is 9.80 Å². The molecule has 0 aromatic rings. The minimum atomic E-state index is -0.292. The summed E-state index contributed by atoms with van der Waals surface area (Å²) in [4.78, 5) is 4.60. The lowest BCUT2D eigenvalue weighted by Crippen LogP contribution is -2.50. The van der Waals surface area contributed by atoms with E-state index in [4.69, 9.17) is 4.74 Å². The molecule has 0 aliphatic carbocycles. The standard InChI is InChI=1S/C14H30N2O3/c1-3-13(17)11-15-6-8-16(9-7-15)12-14(18)5-10-19-4-2/h13-14,17-18H,3-12H2,1-2H3/t13-,14-/m1/s1. The Morgan fingerprint density at radius 3 is 1.95 bits per heavy atom. The second-order valence-electron chi connectivity index (χ2n) is 5.30. The number of nitrogens with zero attached hydrogens (tertiary/aromatic N) is 2. The fraction of sp³-hybridized carbons (Fsp3) is 1.00. The van der Waals surface area contributed by atoms with Crippen LogP contribution in [0.3, 0.4) is 0 Å². The van der Waals surface area contributed by atoms with Gasteiger partial charge in [0.25, 0.3) is 0 Å². The molecule has 1 saturated heterocycles. The van der Waals surface area contributed by atoms with Crippen molar-refractivity contribution < 1.29 is 14.9 Å². The molecule has 1 heterocycles. The van der Waals surface area contributed by atoms with E-state index in [9.17, 15) is 10.2 Å². The molecule has 0 saturated carbocycles. The Kier molecular flexibility index (Phi) is 8.57. The highest BCUT2D eigenvalue weighted by atomic mass is 16.5. The molecular formula is C14H30N2O3. The number of piperazine rings is 1. The van der Waals surface area contributed by atoms with Gasteiger partial charge in [0.15, 0.2) is 0 Å². The highest BCUT2D eigenvalue weighted by Gasteiger charge is 2.20. The van der Waals surface area contributed by atoms with E-state index in [0.717, 1.165) is 45.7 Å². The van der Waals surface area contributed by atoms with E-state index < -0.39 is 0 Å². The molecule has 0 spiro atoms. The number of aliphatic hydroxyl groups is 2. The zero-order chi connectivity index (χ0) is 14.1. The summed E-state index contributed by atoms with van der Waals surface area (Å²) >= 11 is 0. The van der Waals surface area contributed by atoms with Crippen LogP contribution in [0.25, 0.3) is 0 Å². The fourth-order valence-corrected chi connectivity index (χ4v) is 2.33. The van der Waals surface area contributed by atoms with Crippen molar-refractivity contribution in [3.05, 3.63) is 0 Å². The Morgan fingerprint density at radius 1 is 0.947 bits per heavy atom. The molecule has 1 aliphatic heterocycles. The molecule has 2 N–H and O–H groups in total. The largest absolute Gasteiger partial charge is 0.392 e. The molecule has 0 unspecified atom stereocenters. The molecule has 1 aliphatic rings. The van der Waals surface area contributed by atoms with Crippen LogP contribution in [0.1, 0.15) is 26.7 Å². The molecular weight excluding hydrogens is 244 g/mol. The Hall–Kier alpha value is -0.200. The van der Waals surface area contributed by atoms with Crippen LogP contribution in [0.2, 0.25) is 0 Å². The van der Waals surface area contributed by atoms with Crippen molar-refractivity contribution in [3.63, 3.8) is 0 Å². The predicted octanol–water partition coefficient (Wildman–Crippen LogP) is 0.162. The average molecular weight is 274 g/mol. The lowest BCUT2D eigenvalue weighted by molar-refractivity contribution is 0.0337. The number of rotatable bonds is 9. The average Bonchev–Trinajstić information content (AvgIpc) is 2.41. The third-order valence-corrected chi connectivity index (χ3v) is 3.67. The maximum Gasteiger partial charge on any atom is 0.0689 e. The van der Waals surface area contributed by atoms with Crippen molar-refractivity contribution >= 4 is 0 Å². The van der Waals surface area contributed by atoms with Gasteiger partial charge in [-0.1, -0.05) is 6.92 Å². The molecule has 1 rings (SSSR count). The van der Waals surface area contributed by atoms with Gasteiger partial charge in [0.2, 0.25) is 0 Å². The van der Waals surface area contributed by atoms with Crippen molar-refractivity contribution in [1.82, 2.24) is 9.80 Å². The molecule has 19 heavy (non-hydrogen) atoms. The number of hydrogen-bond donors (Lipinski definition) is 2. The van der Waals surface area contributed by atoms with Crippen molar-refractivity contribution in [3.8, 4) is 0 Å². The van der Waals surface area contributed by atoms with Crippen molar-refractivity contribution in [2.45, 2.75) is 38.9 Å². The van der Waals surface area contributed by atoms with Crippen LogP contribution in [-0.2, 0) is 4.74 Å². The molecule has 0 aromatic carbocycles. The highest BCUT2D eigenvalue weighted by Crippen LogP contribution is 2.06. The van der Waals surface area contributed by atoms with Crippen LogP contribution in [-0.4, -0.2) is 84.7 Å². The minimum Gasteiger partial charge on any atom is -0.392 e. The molecule has 0 amide bonds. The summed E-state index contributed by atoms with van der Waals surface area (Å²) in [6.07, 6.45) is 1.03. The van der Waals surface area contributed by atoms with Gasteiger partial charge in [-0.2, -0.15) is 0 Å². The van der Waals surface area contributed by atoms with E-state index >= 15 is 0 Å². The zero-order valence-electron chi connectivity index (χ0n) is 12.4. The first kappa shape index (κ1) is 16.9. The number of hydrogen-bond acceptors (Lipinski definition) is 5. The lowest BCUT2D eigenvalue weighted by atomic mass is 10.2. The van der Waals surface area contributed by atoms with Crippen molar-refractivity contribution in [1.29, 1.82) is 0 Å². The maximum absolute atomic E-state index is 9.90. The summed E-state index contributed by atoms with van der Waals surface area (Å²) in [7, 11) is 0. The van der Waals surface area contributed by atoms with Gasteiger partial charge in [0, 0.05) is 52.5 Å². The van der Waals surface area contributed by atoms with Gasteiger partial charge >= 0.3 is 0 Å². The van der Waals surface area contributed by atoms with Gasteiger partial charge in [-0.15, -0.1) is 0 Å². The second kappa shape index (κ2) is 9.66. The van der Waals surface area contributed by atoms with E-state index in [1.165, 1.54) is 0 Å². The highest BCUT2D eigenvalue weighted by molar-refractivity contribution is 4.75. The third-order valence-electron chi connectivity index (χ3n) is 3.67. The monoisotopic (exact) mass is 274 g/mol. The Balaban J connectivity index is 2.12. The van der Waals surface area contributed by atoms with Crippen LogP contribution in [0, 0.1) is 0 Å². The van der Waals surface area contributed by atoms with Gasteiger partial charge < -0.3 is 14.9 Å². The van der Waals surface area contributed by atoms with E-state index in [-0.39, 0.29) is 12.2 Å². The number of β-amino-alcohol motifs (C(OH)–C–C–N with tert-alkyl or cyclic N) is 2. The molecule has 0 radical (unpaired) electrons. The summed E-state index contributed by atoms with van der Waals surface area (Å²) in [5.74, 6) is 0. The quantitative estimate of drug-likeness (QED) is 0.587. The number of ether oxygens (including phenoxy) is 1. The molecule has 114 valence electrons. The SMILES string of the molecule is CCOCC[C@@H](O)CN1CCN(C[C@H](O)CC)CC1. The van der Waals surface area contributed by atoms with Crippen LogP contribution < -0.4 is 0 Å². The Morgan fingerprint density at radius 2 is 1.47 bits per heavy atom. The first-order chi connectivity index (χ1) is 9.15.